The number of amides is 2. The lowest BCUT2D eigenvalue weighted by Gasteiger charge is -2.29. The van der Waals surface area contributed by atoms with Crippen molar-refractivity contribution in [2.45, 2.75) is 36.3 Å². The highest BCUT2D eigenvalue weighted by molar-refractivity contribution is 7.89. The maximum atomic E-state index is 13.5. The normalized spacial score (nSPS) is 21.8. The Labute approximate surface area is 181 Å². The third-order valence-corrected chi connectivity index (χ3v) is 7.45. The van der Waals surface area contributed by atoms with E-state index >= 15 is 0 Å². The van der Waals surface area contributed by atoms with Gasteiger partial charge in [-0.25, -0.2) is 13.3 Å². The largest absolute Gasteiger partial charge is 0.497 e. The van der Waals surface area contributed by atoms with Crippen LogP contribution in [-0.2, 0) is 24.3 Å². The second-order valence-corrected chi connectivity index (χ2v) is 9.40. The smallest absolute Gasteiger partial charge is 0.252 e. The molecule has 2 saturated heterocycles. The zero-order valence-corrected chi connectivity index (χ0v) is 18.0. The molecule has 4 rings (SSSR count). The minimum atomic E-state index is -4.06. The molecule has 2 aliphatic heterocycles. The van der Waals surface area contributed by atoms with Crippen LogP contribution in [0.4, 0.5) is 5.69 Å². The molecular formula is C22H24N2O6S. The number of imide groups is 1. The molecule has 2 amide bonds. The Balaban J connectivity index is 1.69. The quantitative estimate of drug-likeness (QED) is 0.608. The first kappa shape index (κ1) is 21.5. The van der Waals surface area contributed by atoms with Gasteiger partial charge in [-0.2, -0.15) is 4.31 Å². The van der Waals surface area contributed by atoms with Gasteiger partial charge in [0.25, 0.3) is 5.91 Å². The second-order valence-electron chi connectivity index (χ2n) is 7.51. The second kappa shape index (κ2) is 8.78. The van der Waals surface area contributed by atoms with Gasteiger partial charge in [0.05, 0.1) is 30.2 Å². The zero-order valence-electron chi connectivity index (χ0n) is 17.1. The van der Waals surface area contributed by atoms with E-state index in [2.05, 4.69) is 0 Å². The number of ether oxygens (including phenoxy) is 2. The molecule has 0 spiro atoms. The van der Waals surface area contributed by atoms with Crippen LogP contribution in [0.2, 0.25) is 0 Å². The molecule has 2 unspecified atom stereocenters. The minimum Gasteiger partial charge on any atom is -0.497 e. The summed E-state index contributed by atoms with van der Waals surface area (Å²) in [4.78, 5) is 27.1. The van der Waals surface area contributed by atoms with Crippen molar-refractivity contribution in [1.82, 2.24) is 4.31 Å². The first-order chi connectivity index (χ1) is 14.9. The van der Waals surface area contributed by atoms with Gasteiger partial charge >= 0.3 is 0 Å². The number of para-hydroxylation sites is 1. The highest BCUT2D eigenvalue weighted by Crippen LogP contribution is 2.31. The Morgan fingerprint density at radius 1 is 1.10 bits per heavy atom. The first-order valence-corrected chi connectivity index (χ1v) is 11.5. The average molecular weight is 445 g/mol. The zero-order chi connectivity index (χ0) is 22.0. The summed E-state index contributed by atoms with van der Waals surface area (Å²) >= 11 is 0. The van der Waals surface area contributed by atoms with E-state index in [4.69, 9.17) is 9.47 Å². The number of rotatable bonds is 7. The average Bonchev–Trinajstić information content (AvgIpc) is 3.40. The maximum Gasteiger partial charge on any atom is 0.252 e. The third kappa shape index (κ3) is 4.21. The van der Waals surface area contributed by atoms with E-state index in [0.717, 1.165) is 15.6 Å². The van der Waals surface area contributed by atoms with Crippen molar-refractivity contribution in [3.05, 3.63) is 54.6 Å². The first-order valence-electron chi connectivity index (χ1n) is 10.1. The summed E-state index contributed by atoms with van der Waals surface area (Å²) in [6.45, 7) is 0.565. The molecule has 2 aliphatic rings. The molecule has 31 heavy (non-hydrogen) atoms. The maximum absolute atomic E-state index is 13.5. The van der Waals surface area contributed by atoms with Crippen molar-refractivity contribution < 1.29 is 27.5 Å². The van der Waals surface area contributed by atoms with Crippen LogP contribution < -0.4 is 9.64 Å². The molecule has 9 heteroatoms. The predicted molar refractivity (Wildman–Crippen MR) is 113 cm³/mol. The number of carbonyl (C=O) groups is 2. The van der Waals surface area contributed by atoms with Gasteiger partial charge in [-0.05, 0) is 49.2 Å². The SMILES string of the molecule is COc1ccc(S(=O)(=O)N(CC2CCCO2)C2CC(=O)N(c3ccccc3)C2=O)cc1. The molecule has 0 bridgehead atoms. The fraction of sp³-hybridized carbons (Fsp3) is 0.364. The topological polar surface area (TPSA) is 93.2 Å². The van der Waals surface area contributed by atoms with Gasteiger partial charge in [0.15, 0.2) is 0 Å². The van der Waals surface area contributed by atoms with E-state index in [1.54, 1.807) is 42.5 Å². The van der Waals surface area contributed by atoms with Crippen molar-refractivity contribution in [3.63, 3.8) is 0 Å². The lowest BCUT2D eigenvalue weighted by molar-refractivity contribution is -0.122. The van der Waals surface area contributed by atoms with E-state index < -0.39 is 27.9 Å². The standard InChI is InChI=1S/C22H24N2O6S/c1-29-17-9-11-19(12-10-17)31(27,28)23(15-18-8-5-13-30-18)20-14-21(25)24(22(20)26)16-6-3-2-4-7-16/h2-4,6-7,9-12,18,20H,5,8,13-15H2,1H3. The highest BCUT2D eigenvalue weighted by Gasteiger charge is 2.47. The van der Waals surface area contributed by atoms with Crippen LogP contribution in [0.3, 0.4) is 0 Å². The number of sulfonamides is 1. The number of methoxy groups -OCH3 is 1. The molecule has 0 radical (unpaired) electrons. The van der Waals surface area contributed by atoms with Crippen molar-refractivity contribution in [1.29, 1.82) is 0 Å². The monoisotopic (exact) mass is 444 g/mol. The van der Waals surface area contributed by atoms with Gasteiger partial charge in [0, 0.05) is 13.2 Å². The van der Waals surface area contributed by atoms with Gasteiger partial charge in [0.1, 0.15) is 11.8 Å². The molecule has 2 heterocycles. The predicted octanol–water partition coefficient (Wildman–Crippen LogP) is 2.20. The molecular weight excluding hydrogens is 420 g/mol. The lowest BCUT2D eigenvalue weighted by atomic mass is 10.2. The van der Waals surface area contributed by atoms with Gasteiger partial charge in [-0.3, -0.25) is 9.59 Å². The Morgan fingerprint density at radius 3 is 2.42 bits per heavy atom. The van der Waals surface area contributed by atoms with Crippen molar-refractivity contribution in [3.8, 4) is 5.75 Å². The molecule has 2 aromatic carbocycles. The molecule has 2 atom stereocenters. The van der Waals surface area contributed by atoms with Crippen molar-refractivity contribution >= 4 is 27.5 Å². The minimum absolute atomic E-state index is 0.0146. The van der Waals surface area contributed by atoms with Crippen molar-refractivity contribution in [2.24, 2.45) is 0 Å². The molecule has 164 valence electrons. The van der Waals surface area contributed by atoms with Crippen LogP contribution in [0.15, 0.2) is 59.5 Å². The Morgan fingerprint density at radius 2 is 1.81 bits per heavy atom. The summed E-state index contributed by atoms with van der Waals surface area (Å²) in [5, 5.41) is 0. The van der Waals surface area contributed by atoms with Crippen LogP contribution in [-0.4, -0.2) is 56.9 Å². The van der Waals surface area contributed by atoms with E-state index in [9.17, 15) is 18.0 Å². The van der Waals surface area contributed by atoms with Gasteiger partial charge < -0.3 is 9.47 Å². The van der Waals surface area contributed by atoms with Gasteiger partial charge in [-0.1, -0.05) is 18.2 Å². The van der Waals surface area contributed by atoms with Crippen LogP contribution in [0.1, 0.15) is 19.3 Å². The van der Waals surface area contributed by atoms with Crippen molar-refractivity contribution in [2.75, 3.05) is 25.2 Å². The molecule has 0 aromatic heterocycles. The van der Waals surface area contributed by atoms with E-state index in [1.807, 2.05) is 0 Å². The van der Waals surface area contributed by atoms with Crippen LogP contribution >= 0.6 is 0 Å². The molecule has 0 aliphatic carbocycles. The van der Waals surface area contributed by atoms with E-state index in [1.165, 1.54) is 19.2 Å². The number of nitrogens with zero attached hydrogens (tertiary/aromatic N) is 2. The lowest BCUT2D eigenvalue weighted by Crippen LogP contribution is -2.48. The molecule has 0 N–H and O–H groups in total. The van der Waals surface area contributed by atoms with Crippen LogP contribution in [0.5, 0.6) is 5.75 Å². The van der Waals surface area contributed by atoms with Crippen LogP contribution in [0, 0.1) is 0 Å². The highest BCUT2D eigenvalue weighted by atomic mass is 32.2. The Kier molecular flexibility index (Phi) is 6.08. The summed E-state index contributed by atoms with van der Waals surface area (Å²) in [6.07, 6.45) is 0.998. The summed E-state index contributed by atoms with van der Waals surface area (Å²) < 4.78 is 39.0. The van der Waals surface area contributed by atoms with Gasteiger partial charge in [0.2, 0.25) is 15.9 Å². The van der Waals surface area contributed by atoms with E-state index in [-0.39, 0.29) is 24.0 Å². The molecule has 0 saturated carbocycles. The fourth-order valence-corrected chi connectivity index (χ4v) is 5.57. The summed E-state index contributed by atoms with van der Waals surface area (Å²) in [7, 11) is -2.57. The van der Waals surface area contributed by atoms with Crippen LogP contribution in [0.25, 0.3) is 0 Å². The van der Waals surface area contributed by atoms with Gasteiger partial charge in [-0.15, -0.1) is 0 Å². The summed E-state index contributed by atoms with van der Waals surface area (Å²) in [6, 6.07) is 13.4. The Hall–Kier alpha value is -2.75. The molecule has 8 nitrogen and oxygen atoms in total. The van der Waals surface area contributed by atoms with E-state index in [0.29, 0.717) is 24.5 Å². The molecule has 2 fully saturated rings. The third-order valence-electron chi connectivity index (χ3n) is 5.56. The number of carbonyl (C=O) groups excluding carboxylic acids is 2. The number of hydrogen-bond donors (Lipinski definition) is 0. The Bertz CT molecular complexity index is 1050. The summed E-state index contributed by atoms with van der Waals surface area (Å²) in [5.74, 6) is -0.457. The fourth-order valence-electron chi connectivity index (χ4n) is 3.95. The summed E-state index contributed by atoms with van der Waals surface area (Å²) in [5.41, 5.74) is 0.430. The number of anilines is 1. The number of benzene rings is 2. The number of hydrogen-bond acceptors (Lipinski definition) is 6. The molecule has 2 aromatic rings.